The predicted molar refractivity (Wildman–Crippen MR) is 91.4 cm³/mol. The molecule has 130 valence electrons. The summed E-state index contributed by atoms with van der Waals surface area (Å²) in [6.45, 7) is 8.71. The Balaban J connectivity index is 2.48. The predicted octanol–water partition coefficient (Wildman–Crippen LogP) is 1.95. The Labute approximate surface area is 141 Å². The molecule has 1 rings (SSSR count). The van der Waals surface area contributed by atoms with Gasteiger partial charge in [0.25, 0.3) is 0 Å². The third-order valence-electron chi connectivity index (χ3n) is 2.66. The number of rotatable bonds is 6. The third-order valence-corrected chi connectivity index (χ3v) is 2.66. The smallest absolute Gasteiger partial charge is 0.408 e. The van der Waals surface area contributed by atoms with Crippen molar-refractivity contribution < 1.29 is 19.1 Å². The van der Waals surface area contributed by atoms with Crippen molar-refractivity contribution in [2.24, 2.45) is 0 Å². The van der Waals surface area contributed by atoms with Gasteiger partial charge in [0.2, 0.25) is 11.8 Å². The number of anilines is 1. The summed E-state index contributed by atoms with van der Waals surface area (Å²) in [5.74, 6) is -0.654. The highest BCUT2D eigenvalue weighted by Crippen LogP contribution is 2.10. The van der Waals surface area contributed by atoms with E-state index in [1.807, 2.05) is 6.07 Å². The summed E-state index contributed by atoms with van der Waals surface area (Å²) in [5.41, 5.74) is 0.768. The second-order valence-corrected chi connectivity index (χ2v) is 6.03. The van der Waals surface area contributed by atoms with Crippen LogP contribution in [0, 0.1) is 0 Å². The van der Waals surface area contributed by atoms with E-state index >= 15 is 0 Å². The molecule has 0 radical (unpaired) electrons. The van der Waals surface area contributed by atoms with Gasteiger partial charge >= 0.3 is 6.09 Å². The highest BCUT2D eigenvalue weighted by atomic mass is 16.6. The molecule has 0 spiro atoms. The van der Waals surface area contributed by atoms with E-state index in [9.17, 15) is 14.4 Å². The van der Waals surface area contributed by atoms with Gasteiger partial charge in [0.15, 0.2) is 0 Å². The number of ether oxygens (including phenoxy) is 1. The number of hydrogen-bond acceptors (Lipinski definition) is 4. The van der Waals surface area contributed by atoms with Gasteiger partial charge in [-0.2, -0.15) is 0 Å². The zero-order valence-corrected chi connectivity index (χ0v) is 14.1. The fourth-order valence-corrected chi connectivity index (χ4v) is 1.69. The molecule has 3 amide bonds. The van der Waals surface area contributed by atoms with Crippen LogP contribution in [0.5, 0.6) is 0 Å². The normalized spacial score (nSPS) is 10.5. The molecule has 0 saturated carbocycles. The van der Waals surface area contributed by atoms with Crippen LogP contribution in [0.2, 0.25) is 0 Å². The van der Waals surface area contributed by atoms with Gasteiger partial charge in [0.1, 0.15) is 12.1 Å². The van der Waals surface area contributed by atoms with Crippen LogP contribution in [0.1, 0.15) is 26.3 Å². The molecule has 0 fully saturated rings. The molecule has 0 bridgehead atoms. The molecule has 0 heterocycles. The van der Waals surface area contributed by atoms with Crippen LogP contribution in [0.15, 0.2) is 36.9 Å². The summed E-state index contributed by atoms with van der Waals surface area (Å²) in [6, 6.07) is 7.02. The lowest BCUT2D eigenvalue weighted by Crippen LogP contribution is -2.37. The molecule has 7 nitrogen and oxygen atoms in total. The molecule has 24 heavy (non-hydrogen) atoms. The Bertz CT molecular complexity index is 621. The first-order valence-corrected chi connectivity index (χ1v) is 7.45. The van der Waals surface area contributed by atoms with Crippen LogP contribution >= 0.6 is 0 Å². The number of hydrogen-bond donors (Lipinski definition) is 3. The minimum absolute atomic E-state index is 0.202. The molecular weight excluding hydrogens is 310 g/mol. The van der Waals surface area contributed by atoms with E-state index in [1.54, 1.807) is 39.0 Å². The lowest BCUT2D eigenvalue weighted by atomic mass is 10.2. The van der Waals surface area contributed by atoms with E-state index < -0.39 is 11.7 Å². The molecule has 3 N–H and O–H groups in total. The van der Waals surface area contributed by atoms with Crippen molar-refractivity contribution in [3.05, 3.63) is 42.5 Å². The van der Waals surface area contributed by atoms with Gasteiger partial charge in [0, 0.05) is 12.2 Å². The Morgan fingerprint density at radius 2 is 1.92 bits per heavy atom. The topological polar surface area (TPSA) is 96.5 Å². The summed E-state index contributed by atoms with van der Waals surface area (Å²) < 4.78 is 5.04. The average molecular weight is 333 g/mol. The van der Waals surface area contributed by atoms with Gasteiger partial charge in [-0.25, -0.2) is 4.79 Å². The molecule has 0 saturated heterocycles. The summed E-state index contributed by atoms with van der Waals surface area (Å²) in [6.07, 6.45) is 0.534. The lowest BCUT2D eigenvalue weighted by Gasteiger charge is -2.19. The highest BCUT2D eigenvalue weighted by Gasteiger charge is 2.16. The third kappa shape index (κ3) is 7.98. The standard InChI is InChI=1S/C17H23N3O4/c1-5-14(21)18-10-12-7-6-8-13(9-12)20-15(22)11-19-16(23)24-17(2,3)4/h5-9H,1,10-11H2,2-4H3,(H,18,21)(H,19,23)(H,20,22). The van der Waals surface area contributed by atoms with Crippen LogP contribution in [0.25, 0.3) is 0 Å². The van der Waals surface area contributed by atoms with Crippen molar-refractivity contribution in [1.29, 1.82) is 0 Å². The molecule has 0 atom stereocenters. The van der Waals surface area contributed by atoms with E-state index in [2.05, 4.69) is 22.5 Å². The second-order valence-electron chi connectivity index (χ2n) is 6.03. The van der Waals surface area contributed by atoms with E-state index in [4.69, 9.17) is 4.74 Å². The molecule has 0 aliphatic heterocycles. The summed E-state index contributed by atoms with van der Waals surface area (Å²) >= 11 is 0. The number of nitrogens with one attached hydrogen (secondary N) is 3. The number of carbonyl (C=O) groups is 3. The van der Waals surface area contributed by atoms with Gasteiger partial charge in [-0.05, 0) is 44.5 Å². The molecule has 1 aromatic carbocycles. The van der Waals surface area contributed by atoms with Gasteiger partial charge < -0.3 is 20.7 Å². The summed E-state index contributed by atoms with van der Waals surface area (Å²) in [4.78, 5) is 34.5. The highest BCUT2D eigenvalue weighted by molar-refractivity contribution is 5.94. The molecule has 1 aromatic rings. The molecular formula is C17H23N3O4. The Kier molecular flexibility index (Phi) is 6.98. The van der Waals surface area contributed by atoms with Crippen LogP contribution in [0.4, 0.5) is 10.5 Å². The maximum Gasteiger partial charge on any atom is 0.408 e. The monoisotopic (exact) mass is 333 g/mol. The first-order chi connectivity index (χ1) is 11.2. The summed E-state index contributed by atoms with van der Waals surface area (Å²) in [7, 11) is 0. The maximum absolute atomic E-state index is 11.8. The molecule has 7 heteroatoms. The van der Waals surface area contributed by atoms with Crippen LogP contribution < -0.4 is 16.0 Å². The van der Waals surface area contributed by atoms with Crippen LogP contribution in [-0.2, 0) is 20.9 Å². The zero-order valence-electron chi connectivity index (χ0n) is 14.1. The van der Waals surface area contributed by atoms with E-state index in [-0.39, 0.29) is 18.4 Å². The van der Waals surface area contributed by atoms with Crippen molar-refractivity contribution >= 4 is 23.6 Å². The van der Waals surface area contributed by atoms with Crippen LogP contribution in [0.3, 0.4) is 0 Å². The largest absolute Gasteiger partial charge is 0.444 e. The molecule has 0 aliphatic rings. The van der Waals surface area contributed by atoms with Crippen LogP contribution in [-0.4, -0.2) is 30.1 Å². The van der Waals surface area contributed by atoms with Crippen molar-refractivity contribution in [3.63, 3.8) is 0 Å². The second kappa shape index (κ2) is 8.71. The van der Waals surface area contributed by atoms with Crippen molar-refractivity contribution in [2.75, 3.05) is 11.9 Å². The Morgan fingerprint density at radius 1 is 1.21 bits per heavy atom. The molecule has 0 aromatic heterocycles. The van der Waals surface area contributed by atoms with Gasteiger partial charge in [-0.1, -0.05) is 18.7 Å². The fraction of sp³-hybridized carbons (Fsp3) is 0.353. The fourth-order valence-electron chi connectivity index (χ4n) is 1.69. The number of benzene rings is 1. The lowest BCUT2D eigenvalue weighted by molar-refractivity contribution is -0.117. The van der Waals surface area contributed by atoms with Gasteiger partial charge in [-0.3, -0.25) is 9.59 Å². The Hall–Kier alpha value is -2.83. The number of carbonyl (C=O) groups excluding carboxylic acids is 3. The van der Waals surface area contributed by atoms with Gasteiger partial charge in [0.05, 0.1) is 0 Å². The van der Waals surface area contributed by atoms with E-state index in [1.165, 1.54) is 6.08 Å². The quantitative estimate of drug-likeness (QED) is 0.693. The minimum Gasteiger partial charge on any atom is -0.444 e. The molecule has 0 unspecified atom stereocenters. The van der Waals surface area contributed by atoms with Gasteiger partial charge in [-0.15, -0.1) is 0 Å². The number of amides is 3. The Morgan fingerprint density at radius 3 is 2.54 bits per heavy atom. The van der Waals surface area contributed by atoms with Crippen molar-refractivity contribution in [3.8, 4) is 0 Å². The zero-order chi connectivity index (χ0) is 18.2. The summed E-state index contributed by atoms with van der Waals surface area (Å²) in [5, 5.41) is 7.69. The van der Waals surface area contributed by atoms with E-state index in [0.717, 1.165) is 5.56 Å². The van der Waals surface area contributed by atoms with Crippen molar-refractivity contribution in [2.45, 2.75) is 32.9 Å². The SMILES string of the molecule is C=CC(=O)NCc1cccc(NC(=O)CNC(=O)OC(C)(C)C)c1. The maximum atomic E-state index is 11.8. The molecule has 0 aliphatic carbocycles. The van der Waals surface area contributed by atoms with E-state index in [0.29, 0.717) is 12.2 Å². The first kappa shape index (κ1) is 19.2. The number of alkyl carbamates (subject to hydrolysis) is 1. The van der Waals surface area contributed by atoms with Crippen molar-refractivity contribution in [1.82, 2.24) is 10.6 Å². The average Bonchev–Trinajstić information content (AvgIpc) is 2.49. The first-order valence-electron chi connectivity index (χ1n) is 7.45. The minimum atomic E-state index is -0.654.